The van der Waals surface area contributed by atoms with Gasteiger partial charge in [0.2, 0.25) is 5.91 Å². The molecule has 3 atom stereocenters. The minimum absolute atomic E-state index is 0.0331. The summed E-state index contributed by atoms with van der Waals surface area (Å²) in [4.78, 5) is 15.6. The topological polar surface area (TPSA) is 77.9 Å². The number of carbonyl (C=O) groups excluding carboxylic acids is 1. The number of carbonyl (C=O) groups is 1. The zero-order valence-corrected chi connectivity index (χ0v) is 10.9. The van der Waals surface area contributed by atoms with E-state index in [1.54, 1.807) is 7.05 Å². The molecule has 0 aromatic heterocycles. The lowest BCUT2D eigenvalue weighted by molar-refractivity contribution is -0.142. The van der Waals surface area contributed by atoms with Crippen LogP contribution < -0.4 is 0 Å². The maximum absolute atomic E-state index is 12.1. The first-order valence-electron chi connectivity index (χ1n) is 5.79. The van der Waals surface area contributed by atoms with Gasteiger partial charge in [0, 0.05) is 13.6 Å². The molecule has 0 aromatic carbocycles. The number of piperazine rings is 1. The molecular formula is C10H18N2O4S. The Hall–Kier alpha value is -0.660. The monoisotopic (exact) mass is 262 g/mol. The van der Waals surface area contributed by atoms with Crippen molar-refractivity contribution >= 4 is 16.0 Å². The summed E-state index contributed by atoms with van der Waals surface area (Å²) in [6.45, 7) is 2.80. The molecule has 1 N–H and O–H groups in total. The first-order valence-corrected chi connectivity index (χ1v) is 7.29. The summed E-state index contributed by atoms with van der Waals surface area (Å²) in [5.74, 6) is -0.0331. The molecule has 2 aliphatic heterocycles. The van der Waals surface area contributed by atoms with Crippen LogP contribution in [0.1, 0.15) is 19.8 Å². The summed E-state index contributed by atoms with van der Waals surface area (Å²) in [5, 5.41) is -0.946. The molecule has 1 unspecified atom stereocenters. The quantitative estimate of drug-likeness (QED) is 0.683. The van der Waals surface area contributed by atoms with Crippen molar-refractivity contribution < 1.29 is 17.8 Å². The summed E-state index contributed by atoms with van der Waals surface area (Å²) in [7, 11) is -2.49. The molecule has 1 amide bonds. The second-order valence-electron chi connectivity index (χ2n) is 4.89. The Morgan fingerprint density at radius 1 is 1.47 bits per heavy atom. The highest BCUT2D eigenvalue weighted by Gasteiger charge is 2.44. The molecule has 17 heavy (non-hydrogen) atoms. The summed E-state index contributed by atoms with van der Waals surface area (Å²) in [6.07, 6.45) is 1.81. The molecule has 0 saturated carbocycles. The van der Waals surface area contributed by atoms with E-state index < -0.39 is 21.4 Å². The molecule has 0 aliphatic carbocycles. The minimum atomic E-state index is -4.11. The Balaban J connectivity index is 2.22. The minimum Gasteiger partial charge on any atom is -0.339 e. The third kappa shape index (κ3) is 2.19. The fraction of sp³-hybridized carbons (Fsp3) is 0.900. The van der Waals surface area contributed by atoms with E-state index in [0.717, 1.165) is 19.4 Å². The van der Waals surface area contributed by atoms with E-state index in [1.165, 1.54) is 11.8 Å². The molecule has 0 spiro atoms. The first kappa shape index (κ1) is 12.8. The Bertz CT molecular complexity index is 422. The third-order valence-electron chi connectivity index (χ3n) is 3.93. The Labute approximate surface area is 101 Å². The van der Waals surface area contributed by atoms with E-state index in [0.29, 0.717) is 6.54 Å². The van der Waals surface area contributed by atoms with Gasteiger partial charge in [-0.05, 0) is 26.3 Å². The van der Waals surface area contributed by atoms with Gasteiger partial charge in [-0.3, -0.25) is 14.2 Å². The van der Waals surface area contributed by atoms with Crippen LogP contribution >= 0.6 is 0 Å². The van der Waals surface area contributed by atoms with E-state index >= 15 is 0 Å². The van der Waals surface area contributed by atoms with Gasteiger partial charge in [0.25, 0.3) is 10.1 Å². The van der Waals surface area contributed by atoms with Crippen molar-refractivity contribution in [2.24, 2.45) is 0 Å². The molecular weight excluding hydrogens is 244 g/mol. The number of rotatable bonds is 2. The molecule has 2 rings (SSSR count). The van der Waals surface area contributed by atoms with Gasteiger partial charge in [0.15, 0.2) is 0 Å². The van der Waals surface area contributed by atoms with E-state index in [2.05, 4.69) is 0 Å². The third-order valence-corrected chi connectivity index (χ3v) is 5.18. The molecule has 0 radical (unpaired) electrons. The predicted octanol–water partition coefficient (Wildman–Crippen LogP) is -0.432. The van der Waals surface area contributed by atoms with Gasteiger partial charge in [0.1, 0.15) is 5.25 Å². The number of fused-ring (bicyclic) bond motifs is 1. The average molecular weight is 262 g/mol. The van der Waals surface area contributed by atoms with Crippen molar-refractivity contribution in [2.75, 3.05) is 20.1 Å². The van der Waals surface area contributed by atoms with Crippen molar-refractivity contribution in [1.82, 2.24) is 9.80 Å². The van der Waals surface area contributed by atoms with Gasteiger partial charge in [0.05, 0.1) is 12.1 Å². The number of nitrogens with zero attached hydrogens (tertiary/aromatic N) is 2. The molecule has 7 heteroatoms. The van der Waals surface area contributed by atoms with Crippen LogP contribution in [0.25, 0.3) is 0 Å². The number of hydrogen-bond acceptors (Lipinski definition) is 4. The Kier molecular flexibility index (Phi) is 3.17. The highest BCUT2D eigenvalue weighted by molar-refractivity contribution is 7.86. The van der Waals surface area contributed by atoms with Crippen LogP contribution in [0.5, 0.6) is 0 Å². The zero-order chi connectivity index (χ0) is 12.8. The summed E-state index contributed by atoms with van der Waals surface area (Å²) in [6, 6.07) is -0.559. The van der Waals surface area contributed by atoms with Gasteiger partial charge in [-0.15, -0.1) is 0 Å². The molecule has 0 bridgehead atoms. The normalized spacial score (nSPS) is 32.6. The fourth-order valence-corrected chi connectivity index (χ4v) is 3.41. The number of amides is 1. The second kappa shape index (κ2) is 4.22. The highest BCUT2D eigenvalue weighted by atomic mass is 32.2. The van der Waals surface area contributed by atoms with Gasteiger partial charge in [-0.1, -0.05) is 0 Å². The van der Waals surface area contributed by atoms with Gasteiger partial charge < -0.3 is 4.90 Å². The molecule has 0 aromatic rings. The van der Waals surface area contributed by atoms with E-state index in [9.17, 15) is 13.2 Å². The van der Waals surface area contributed by atoms with Gasteiger partial charge in [-0.25, -0.2) is 0 Å². The van der Waals surface area contributed by atoms with Crippen LogP contribution in [0, 0.1) is 0 Å². The van der Waals surface area contributed by atoms with E-state index in [-0.39, 0.29) is 11.9 Å². The van der Waals surface area contributed by atoms with Crippen molar-refractivity contribution in [3.8, 4) is 0 Å². The van der Waals surface area contributed by atoms with Gasteiger partial charge in [-0.2, -0.15) is 8.42 Å². The average Bonchev–Trinajstić information content (AvgIpc) is 2.69. The lowest BCUT2D eigenvalue weighted by Crippen LogP contribution is -2.62. The van der Waals surface area contributed by atoms with Crippen molar-refractivity contribution in [3.63, 3.8) is 0 Å². The first-order chi connectivity index (χ1) is 7.82. The van der Waals surface area contributed by atoms with Crippen molar-refractivity contribution in [1.29, 1.82) is 0 Å². The lowest BCUT2D eigenvalue weighted by atomic mass is 10.1. The molecule has 2 aliphatic rings. The second-order valence-corrected chi connectivity index (χ2v) is 6.66. The zero-order valence-electron chi connectivity index (χ0n) is 10.0. The molecule has 2 saturated heterocycles. The van der Waals surface area contributed by atoms with Gasteiger partial charge >= 0.3 is 0 Å². The molecule has 2 fully saturated rings. The largest absolute Gasteiger partial charge is 0.339 e. The predicted molar refractivity (Wildman–Crippen MR) is 62.2 cm³/mol. The van der Waals surface area contributed by atoms with E-state index in [1.807, 2.05) is 4.90 Å². The smallest absolute Gasteiger partial charge is 0.269 e. The van der Waals surface area contributed by atoms with Crippen LogP contribution in [-0.2, 0) is 14.9 Å². The van der Waals surface area contributed by atoms with Crippen LogP contribution in [0.4, 0.5) is 0 Å². The summed E-state index contributed by atoms with van der Waals surface area (Å²) in [5.41, 5.74) is 0. The standard InChI is InChI=1S/C10H18N2O4S/c1-7(17(14,15)16)9-6-12-5-3-4-8(12)10(13)11(9)2/h7-9H,3-6H2,1-2H3,(H,14,15,16)/t7?,8-,9-/m0/s1. The van der Waals surface area contributed by atoms with Crippen molar-refractivity contribution in [2.45, 2.75) is 37.1 Å². The molecule has 98 valence electrons. The summed E-state index contributed by atoms with van der Waals surface area (Å²) >= 11 is 0. The summed E-state index contributed by atoms with van der Waals surface area (Å²) < 4.78 is 31.4. The Morgan fingerprint density at radius 3 is 2.71 bits per heavy atom. The highest BCUT2D eigenvalue weighted by Crippen LogP contribution is 2.27. The number of hydrogen-bond donors (Lipinski definition) is 1. The fourth-order valence-electron chi connectivity index (χ4n) is 2.75. The van der Waals surface area contributed by atoms with Crippen molar-refractivity contribution in [3.05, 3.63) is 0 Å². The van der Waals surface area contributed by atoms with Crippen LogP contribution in [0.15, 0.2) is 0 Å². The van der Waals surface area contributed by atoms with Crippen LogP contribution in [0.2, 0.25) is 0 Å². The maximum Gasteiger partial charge on any atom is 0.269 e. The maximum atomic E-state index is 12.1. The molecule has 2 heterocycles. The molecule has 6 nitrogen and oxygen atoms in total. The van der Waals surface area contributed by atoms with E-state index in [4.69, 9.17) is 4.55 Å². The number of likely N-dealkylation sites (N-methyl/N-ethyl adjacent to an activating group) is 1. The lowest BCUT2D eigenvalue weighted by Gasteiger charge is -2.42. The SMILES string of the molecule is CC([C@@H]1CN2CCC[C@H]2C(=O)N1C)S(=O)(=O)O. The van der Waals surface area contributed by atoms with Crippen LogP contribution in [-0.4, -0.2) is 66.1 Å². The Morgan fingerprint density at radius 2 is 2.12 bits per heavy atom. The van der Waals surface area contributed by atoms with Crippen LogP contribution in [0.3, 0.4) is 0 Å².